The van der Waals surface area contributed by atoms with Crippen molar-refractivity contribution in [3.8, 4) is 5.13 Å². The molecule has 0 spiro atoms. The van der Waals surface area contributed by atoms with Crippen LogP contribution in [-0.4, -0.2) is 14.8 Å². The monoisotopic (exact) mass is 257 g/mol. The van der Waals surface area contributed by atoms with Crippen LogP contribution in [0, 0.1) is 0 Å². The van der Waals surface area contributed by atoms with Gasteiger partial charge in [-0.15, -0.1) is 0 Å². The van der Waals surface area contributed by atoms with Crippen LogP contribution in [0.1, 0.15) is 24.5 Å². The first kappa shape index (κ1) is 10.1. The maximum absolute atomic E-state index is 11.9. The lowest BCUT2D eigenvalue weighted by Crippen LogP contribution is -2.12. The Morgan fingerprint density at radius 3 is 2.94 bits per heavy atom. The van der Waals surface area contributed by atoms with Crippen LogP contribution in [-0.2, 0) is 0 Å². The number of aromatic nitrogens is 3. The fraction of sp³-hybridized carbons (Fsp3) is 0.231. The van der Waals surface area contributed by atoms with Gasteiger partial charge in [0.25, 0.3) is 5.56 Å². The molecule has 18 heavy (non-hydrogen) atoms. The van der Waals surface area contributed by atoms with Gasteiger partial charge in [-0.3, -0.25) is 9.89 Å². The molecule has 1 N–H and O–H groups in total. The van der Waals surface area contributed by atoms with Crippen molar-refractivity contribution >= 4 is 21.6 Å². The maximum atomic E-state index is 11.9. The van der Waals surface area contributed by atoms with Crippen molar-refractivity contribution in [1.82, 2.24) is 14.8 Å². The highest BCUT2D eigenvalue weighted by molar-refractivity contribution is 7.20. The molecule has 2 aromatic heterocycles. The van der Waals surface area contributed by atoms with Gasteiger partial charge in [0.1, 0.15) is 0 Å². The summed E-state index contributed by atoms with van der Waals surface area (Å²) in [6.45, 7) is 0. The van der Waals surface area contributed by atoms with Crippen molar-refractivity contribution in [2.75, 3.05) is 0 Å². The number of hydrogen-bond acceptors (Lipinski definition) is 3. The van der Waals surface area contributed by atoms with Gasteiger partial charge in [0.05, 0.1) is 10.2 Å². The van der Waals surface area contributed by atoms with Gasteiger partial charge >= 0.3 is 0 Å². The van der Waals surface area contributed by atoms with Crippen molar-refractivity contribution in [2.45, 2.75) is 18.8 Å². The van der Waals surface area contributed by atoms with Gasteiger partial charge in [-0.25, -0.2) is 4.98 Å². The molecule has 1 aromatic carbocycles. The highest BCUT2D eigenvalue weighted by Gasteiger charge is 2.26. The molecule has 4 nitrogen and oxygen atoms in total. The molecule has 1 aliphatic carbocycles. The average molecular weight is 257 g/mol. The van der Waals surface area contributed by atoms with Gasteiger partial charge in [0, 0.05) is 17.7 Å². The molecule has 1 saturated carbocycles. The van der Waals surface area contributed by atoms with Gasteiger partial charge in [-0.2, -0.15) is 4.68 Å². The lowest BCUT2D eigenvalue weighted by Gasteiger charge is -1.94. The predicted molar refractivity (Wildman–Crippen MR) is 71.5 cm³/mol. The molecule has 0 unspecified atom stereocenters. The predicted octanol–water partition coefficient (Wildman–Crippen LogP) is 2.65. The Morgan fingerprint density at radius 1 is 1.33 bits per heavy atom. The number of fused-ring (bicyclic) bond motifs is 1. The topological polar surface area (TPSA) is 50.7 Å². The summed E-state index contributed by atoms with van der Waals surface area (Å²) in [5, 5.41) is 3.89. The number of rotatable bonds is 2. The second-order valence-electron chi connectivity index (χ2n) is 4.62. The summed E-state index contributed by atoms with van der Waals surface area (Å²) in [6, 6.07) is 9.62. The van der Waals surface area contributed by atoms with E-state index in [-0.39, 0.29) is 5.56 Å². The second-order valence-corrected chi connectivity index (χ2v) is 5.63. The number of benzene rings is 1. The fourth-order valence-electron chi connectivity index (χ4n) is 2.12. The van der Waals surface area contributed by atoms with E-state index in [4.69, 9.17) is 0 Å². The summed E-state index contributed by atoms with van der Waals surface area (Å²) in [7, 11) is 0. The highest BCUT2D eigenvalue weighted by atomic mass is 32.1. The van der Waals surface area contributed by atoms with Crippen LogP contribution in [0.2, 0.25) is 0 Å². The Labute approximate surface area is 107 Å². The van der Waals surface area contributed by atoms with Crippen molar-refractivity contribution in [3.05, 3.63) is 46.4 Å². The van der Waals surface area contributed by atoms with Crippen LogP contribution in [0.5, 0.6) is 0 Å². The van der Waals surface area contributed by atoms with Crippen LogP contribution in [0.3, 0.4) is 0 Å². The molecule has 3 aromatic rings. The van der Waals surface area contributed by atoms with Gasteiger partial charge < -0.3 is 0 Å². The Balaban J connectivity index is 1.88. The van der Waals surface area contributed by atoms with Gasteiger partial charge in [0.2, 0.25) is 5.13 Å². The van der Waals surface area contributed by atoms with Crippen LogP contribution in [0.15, 0.2) is 35.1 Å². The highest BCUT2D eigenvalue weighted by Crippen LogP contribution is 2.38. The Morgan fingerprint density at radius 2 is 2.17 bits per heavy atom. The smallest absolute Gasteiger partial charge is 0.273 e. The van der Waals surface area contributed by atoms with E-state index in [2.05, 4.69) is 10.1 Å². The lowest BCUT2D eigenvalue weighted by molar-refractivity contribution is 0.811. The molecule has 90 valence electrons. The van der Waals surface area contributed by atoms with Gasteiger partial charge in [0.15, 0.2) is 0 Å². The number of nitrogens with one attached hydrogen (secondary N) is 1. The molecule has 0 aliphatic heterocycles. The van der Waals surface area contributed by atoms with E-state index in [1.807, 2.05) is 24.3 Å². The number of thiazole rings is 1. The molecule has 0 radical (unpaired) electrons. The molecule has 4 rings (SSSR count). The Bertz CT molecular complexity index is 746. The average Bonchev–Trinajstić information content (AvgIpc) is 3.01. The fourth-order valence-corrected chi connectivity index (χ4v) is 3.05. The summed E-state index contributed by atoms with van der Waals surface area (Å²) in [4.78, 5) is 16.4. The minimum atomic E-state index is -0.0176. The zero-order valence-corrected chi connectivity index (χ0v) is 10.4. The molecule has 0 saturated heterocycles. The first-order chi connectivity index (χ1) is 8.81. The van der Waals surface area contributed by atoms with E-state index in [0.717, 1.165) is 15.9 Å². The van der Waals surface area contributed by atoms with Crippen molar-refractivity contribution in [3.63, 3.8) is 0 Å². The van der Waals surface area contributed by atoms with Crippen molar-refractivity contribution < 1.29 is 0 Å². The van der Waals surface area contributed by atoms with Crippen molar-refractivity contribution in [2.24, 2.45) is 0 Å². The normalized spacial score (nSPS) is 15.3. The molecule has 5 heteroatoms. The minimum Gasteiger partial charge on any atom is -0.293 e. The minimum absolute atomic E-state index is 0.0176. The molecular formula is C13H11N3OS. The molecule has 0 bridgehead atoms. The van der Waals surface area contributed by atoms with Crippen LogP contribution >= 0.6 is 11.3 Å². The van der Waals surface area contributed by atoms with Gasteiger partial charge in [-0.05, 0) is 25.0 Å². The largest absolute Gasteiger partial charge is 0.293 e. The molecular weight excluding hydrogens is 246 g/mol. The summed E-state index contributed by atoms with van der Waals surface area (Å²) >= 11 is 1.53. The summed E-state index contributed by atoms with van der Waals surface area (Å²) in [5.74, 6) is 0.549. The first-order valence-electron chi connectivity index (χ1n) is 5.99. The molecule has 2 heterocycles. The van der Waals surface area contributed by atoms with E-state index < -0.39 is 0 Å². The Kier molecular flexibility index (Phi) is 1.99. The van der Waals surface area contributed by atoms with Crippen LogP contribution < -0.4 is 5.56 Å². The standard InChI is InChI=1S/C13H11N3OS/c17-12-7-10(8-5-6-8)15-16(12)13-14-9-3-1-2-4-11(9)18-13/h1-4,7-8,15H,5-6H2. The first-order valence-corrected chi connectivity index (χ1v) is 6.81. The summed E-state index contributed by atoms with van der Waals surface area (Å²) < 4.78 is 2.65. The maximum Gasteiger partial charge on any atom is 0.273 e. The SMILES string of the molecule is O=c1cc(C2CC2)[nH]n1-c1nc2ccccc2s1. The number of hydrogen-bond donors (Lipinski definition) is 1. The summed E-state index contributed by atoms with van der Waals surface area (Å²) in [6.07, 6.45) is 2.36. The molecule has 1 aliphatic rings. The Hall–Kier alpha value is -1.88. The quantitative estimate of drug-likeness (QED) is 0.767. The van der Waals surface area contributed by atoms with E-state index in [0.29, 0.717) is 11.0 Å². The molecule has 0 amide bonds. The number of para-hydroxylation sites is 1. The van der Waals surface area contributed by atoms with E-state index in [1.54, 1.807) is 10.7 Å². The molecule has 1 fully saturated rings. The number of aromatic amines is 1. The lowest BCUT2D eigenvalue weighted by atomic mass is 10.3. The third-order valence-corrected chi connectivity index (χ3v) is 4.25. The number of nitrogens with zero attached hydrogens (tertiary/aromatic N) is 2. The van der Waals surface area contributed by atoms with Crippen molar-refractivity contribution in [1.29, 1.82) is 0 Å². The van der Waals surface area contributed by atoms with Crippen LogP contribution in [0.25, 0.3) is 15.3 Å². The van der Waals surface area contributed by atoms with E-state index in [9.17, 15) is 4.79 Å². The zero-order valence-electron chi connectivity index (χ0n) is 9.59. The summed E-state index contributed by atoms with van der Waals surface area (Å²) in [5.41, 5.74) is 1.96. The third kappa shape index (κ3) is 1.51. The third-order valence-electron chi connectivity index (χ3n) is 3.23. The van der Waals surface area contributed by atoms with Crippen LogP contribution in [0.4, 0.5) is 0 Å². The second kappa shape index (κ2) is 3.55. The van der Waals surface area contributed by atoms with E-state index >= 15 is 0 Å². The zero-order chi connectivity index (χ0) is 12.1. The molecule has 0 atom stereocenters. The van der Waals surface area contributed by atoms with Gasteiger partial charge in [-0.1, -0.05) is 23.5 Å². The number of H-pyrrole nitrogens is 1. The van der Waals surface area contributed by atoms with E-state index in [1.165, 1.54) is 24.2 Å².